The van der Waals surface area contributed by atoms with Gasteiger partial charge in [-0.05, 0) is 30.2 Å². The van der Waals surface area contributed by atoms with E-state index in [1.165, 1.54) is 6.20 Å². The van der Waals surface area contributed by atoms with Crippen molar-refractivity contribution in [1.82, 2.24) is 10.3 Å². The number of nitrogens with one attached hydrogen (secondary N) is 1. The number of aromatic nitrogens is 1. The zero-order chi connectivity index (χ0) is 15.2. The minimum absolute atomic E-state index is 0.361. The quantitative estimate of drug-likeness (QED) is 0.865. The Labute approximate surface area is 123 Å². The van der Waals surface area contributed by atoms with Gasteiger partial charge in [-0.25, -0.2) is 0 Å². The number of aryl methyl sites for hydroxylation is 1. The maximum absolute atomic E-state index is 12.1. The molecular formula is C16H17N3O2. The summed E-state index contributed by atoms with van der Waals surface area (Å²) in [5.74, 6) is -0.920. The first kappa shape index (κ1) is 14.7. The second kappa shape index (κ2) is 6.65. The van der Waals surface area contributed by atoms with E-state index in [4.69, 9.17) is 5.73 Å². The molecule has 0 radical (unpaired) electrons. The molecule has 0 saturated carbocycles. The summed E-state index contributed by atoms with van der Waals surface area (Å²) in [4.78, 5) is 27.5. The van der Waals surface area contributed by atoms with Crippen molar-refractivity contribution in [2.24, 2.45) is 5.73 Å². The smallest absolute Gasteiger partial charge is 0.253 e. The van der Waals surface area contributed by atoms with Crippen LogP contribution in [0.15, 0.2) is 48.8 Å². The Bertz CT molecular complexity index is 641. The standard InChI is InChI=1S/C16H17N3O2/c1-11-5-2-3-6-12(11)9-14(15(17)20)19-16(21)13-7-4-8-18-10-13/h2-8,10,14H,9H2,1H3,(H2,17,20)(H,19,21)/t14-/m1/s1. The lowest BCUT2D eigenvalue weighted by Gasteiger charge is -2.16. The largest absolute Gasteiger partial charge is 0.368 e. The number of nitrogens with two attached hydrogens (primary N) is 1. The zero-order valence-corrected chi connectivity index (χ0v) is 11.7. The SMILES string of the molecule is Cc1ccccc1C[C@@H](NC(=O)c1cccnc1)C(N)=O. The van der Waals surface area contributed by atoms with Crippen LogP contribution in [0, 0.1) is 6.92 Å². The summed E-state index contributed by atoms with van der Waals surface area (Å²) in [5, 5.41) is 2.65. The Morgan fingerprint density at radius 3 is 2.62 bits per heavy atom. The van der Waals surface area contributed by atoms with Crippen LogP contribution >= 0.6 is 0 Å². The monoisotopic (exact) mass is 283 g/mol. The average molecular weight is 283 g/mol. The van der Waals surface area contributed by atoms with Gasteiger partial charge in [-0.1, -0.05) is 24.3 Å². The average Bonchev–Trinajstić information content (AvgIpc) is 2.49. The molecule has 1 atom stereocenters. The molecule has 2 rings (SSSR count). The molecule has 5 heteroatoms. The van der Waals surface area contributed by atoms with Gasteiger partial charge in [-0.3, -0.25) is 14.6 Å². The molecule has 0 aliphatic carbocycles. The zero-order valence-electron chi connectivity index (χ0n) is 11.7. The van der Waals surface area contributed by atoms with Gasteiger partial charge >= 0.3 is 0 Å². The van der Waals surface area contributed by atoms with Crippen LogP contribution < -0.4 is 11.1 Å². The number of primary amides is 1. The number of hydrogen-bond acceptors (Lipinski definition) is 3. The van der Waals surface area contributed by atoms with E-state index in [1.54, 1.807) is 18.3 Å². The molecule has 3 N–H and O–H groups in total. The fourth-order valence-corrected chi connectivity index (χ4v) is 2.02. The van der Waals surface area contributed by atoms with E-state index in [9.17, 15) is 9.59 Å². The van der Waals surface area contributed by atoms with Crippen LogP contribution in [0.3, 0.4) is 0 Å². The van der Waals surface area contributed by atoms with Crippen molar-refractivity contribution in [3.8, 4) is 0 Å². The first-order valence-electron chi connectivity index (χ1n) is 6.62. The van der Waals surface area contributed by atoms with Gasteiger partial charge < -0.3 is 11.1 Å². The summed E-state index contributed by atoms with van der Waals surface area (Å²) >= 11 is 0. The molecule has 0 fully saturated rings. The van der Waals surface area contributed by atoms with Gasteiger partial charge in [0.25, 0.3) is 5.91 Å². The molecule has 1 aromatic carbocycles. The lowest BCUT2D eigenvalue weighted by molar-refractivity contribution is -0.119. The summed E-state index contributed by atoms with van der Waals surface area (Å²) in [5.41, 5.74) is 7.82. The molecule has 1 heterocycles. The number of benzene rings is 1. The van der Waals surface area contributed by atoms with Crippen LogP contribution in [0.4, 0.5) is 0 Å². The summed E-state index contributed by atoms with van der Waals surface area (Å²) < 4.78 is 0. The van der Waals surface area contributed by atoms with Gasteiger partial charge in [0.15, 0.2) is 0 Å². The molecule has 0 aliphatic heterocycles. The minimum atomic E-state index is -0.751. The first-order valence-corrected chi connectivity index (χ1v) is 6.62. The fourth-order valence-electron chi connectivity index (χ4n) is 2.02. The second-order valence-corrected chi connectivity index (χ2v) is 4.80. The van der Waals surface area contributed by atoms with Crippen LogP contribution in [0.25, 0.3) is 0 Å². The van der Waals surface area contributed by atoms with E-state index < -0.39 is 11.9 Å². The van der Waals surface area contributed by atoms with Crippen molar-refractivity contribution in [3.63, 3.8) is 0 Å². The third kappa shape index (κ3) is 3.89. The van der Waals surface area contributed by atoms with Gasteiger partial charge in [0.2, 0.25) is 5.91 Å². The summed E-state index contributed by atoms with van der Waals surface area (Å²) in [6.07, 6.45) is 3.39. The van der Waals surface area contributed by atoms with Gasteiger partial charge in [0, 0.05) is 18.8 Å². The number of carbonyl (C=O) groups is 2. The number of rotatable bonds is 5. The Hall–Kier alpha value is -2.69. The maximum atomic E-state index is 12.1. The van der Waals surface area contributed by atoms with Crippen molar-refractivity contribution < 1.29 is 9.59 Å². The highest BCUT2D eigenvalue weighted by atomic mass is 16.2. The Morgan fingerprint density at radius 2 is 2.00 bits per heavy atom. The number of carbonyl (C=O) groups excluding carboxylic acids is 2. The van der Waals surface area contributed by atoms with Crippen LogP contribution in [-0.4, -0.2) is 22.8 Å². The number of hydrogen-bond donors (Lipinski definition) is 2. The molecule has 2 aromatic rings. The van der Waals surface area contributed by atoms with Gasteiger partial charge in [0.05, 0.1) is 5.56 Å². The van der Waals surface area contributed by atoms with Crippen molar-refractivity contribution in [2.45, 2.75) is 19.4 Å². The van der Waals surface area contributed by atoms with E-state index in [1.807, 2.05) is 31.2 Å². The van der Waals surface area contributed by atoms with Crippen molar-refractivity contribution >= 4 is 11.8 Å². The predicted molar refractivity (Wildman–Crippen MR) is 79.6 cm³/mol. The Kier molecular flexibility index (Phi) is 4.66. The molecule has 0 unspecified atom stereocenters. The number of pyridine rings is 1. The van der Waals surface area contributed by atoms with Gasteiger partial charge in [-0.15, -0.1) is 0 Å². The fraction of sp³-hybridized carbons (Fsp3) is 0.188. The lowest BCUT2D eigenvalue weighted by Crippen LogP contribution is -2.46. The Balaban J connectivity index is 2.12. The summed E-state index contributed by atoms with van der Waals surface area (Å²) in [6.45, 7) is 1.95. The number of nitrogens with zero attached hydrogens (tertiary/aromatic N) is 1. The van der Waals surface area contributed by atoms with E-state index in [0.29, 0.717) is 12.0 Å². The normalized spacial score (nSPS) is 11.7. The van der Waals surface area contributed by atoms with E-state index in [-0.39, 0.29) is 5.91 Å². The molecule has 0 bridgehead atoms. The molecular weight excluding hydrogens is 266 g/mol. The Morgan fingerprint density at radius 1 is 1.24 bits per heavy atom. The molecule has 0 saturated heterocycles. The van der Waals surface area contributed by atoms with E-state index in [0.717, 1.165) is 11.1 Å². The van der Waals surface area contributed by atoms with Crippen molar-refractivity contribution in [2.75, 3.05) is 0 Å². The highest BCUT2D eigenvalue weighted by Gasteiger charge is 2.20. The van der Waals surface area contributed by atoms with Gasteiger partial charge in [-0.2, -0.15) is 0 Å². The molecule has 0 aliphatic rings. The third-order valence-corrected chi connectivity index (χ3v) is 3.26. The van der Waals surface area contributed by atoms with Crippen molar-refractivity contribution in [3.05, 3.63) is 65.5 Å². The third-order valence-electron chi connectivity index (χ3n) is 3.26. The number of amides is 2. The molecule has 5 nitrogen and oxygen atoms in total. The van der Waals surface area contributed by atoms with E-state index in [2.05, 4.69) is 10.3 Å². The van der Waals surface area contributed by atoms with Crippen LogP contribution in [0.5, 0.6) is 0 Å². The summed E-state index contributed by atoms with van der Waals surface area (Å²) in [6, 6.07) is 10.2. The molecule has 2 amide bonds. The van der Waals surface area contributed by atoms with Crippen molar-refractivity contribution in [1.29, 1.82) is 0 Å². The van der Waals surface area contributed by atoms with E-state index >= 15 is 0 Å². The molecule has 0 spiro atoms. The highest BCUT2D eigenvalue weighted by molar-refractivity contribution is 5.97. The highest BCUT2D eigenvalue weighted by Crippen LogP contribution is 2.10. The minimum Gasteiger partial charge on any atom is -0.368 e. The topological polar surface area (TPSA) is 85.1 Å². The van der Waals surface area contributed by atoms with Crippen LogP contribution in [-0.2, 0) is 11.2 Å². The lowest BCUT2D eigenvalue weighted by atomic mass is 10.0. The molecule has 21 heavy (non-hydrogen) atoms. The molecule has 1 aromatic heterocycles. The maximum Gasteiger partial charge on any atom is 0.253 e. The van der Waals surface area contributed by atoms with Crippen LogP contribution in [0.2, 0.25) is 0 Å². The van der Waals surface area contributed by atoms with Gasteiger partial charge in [0.1, 0.15) is 6.04 Å². The van der Waals surface area contributed by atoms with Crippen LogP contribution in [0.1, 0.15) is 21.5 Å². The molecule has 108 valence electrons. The summed E-state index contributed by atoms with van der Waals surface area (Å²) in [7, 11) is 0. The predicted octanol–water partition coefficient (Wildman–Crippen LogP) is 1.22. The second-order valence-electron chi connectivity index (χ2n) is 4.80. The first-order chi connectivity index (χ1) is 10.1.